The van der Waals surface area contributed by atoms with Gasteiger partial charge in [-0.05, 0) is 95.6 Å². The summed E-state index contributed by atoms with van der Waals surface area (Å²) in [4.78, 5) is 12.6. The average molecular weight is 590 g/mol. The molecule has 1 fully saturated rings. The third kappa shape index (κ3) is 7.14. The molecule has 226 valence electrons. The van der Waals surface area contributed by atoms with Crippen LogP contribution >= 0.6 is 0 Å². The molecule has 0 spiro atoms. The molecule has 4 aromatic carbocycles. The monoisotopic (exact) mass is 589 g/mol. The van der Waals surface area contributed by atoms with Gasteiger partial charge in [-0.1, -0.05) is 74.7 Å². The summed E-state index contributed by atoms with van der Waals surface area (Å²) in [5.41, 5.74) is 5.94. The lowest BCUT2D eigenvalue weighted by molar-refractivity contribution is 0.0734. The Hall–Kier alpha value is -4.55. The Balaban J connectivity index is 1.25. The van der Waals surface area contributed by atoms with Gasteiger partial charge in [-0.15, -0.1) is 0 Å². The Morgan fingerprint density at radius 3 is 2.11 bits per heavy atom. The van der Waals surface area contributed by atoms with E-state index < -0.39 is 0 Å². The molecule has 1 aliphatic carbocycles. The van der Waals surface area contributed by atoms with Gasteiger partial charge in [0.05, 0.1) is 5.56 Å². The first-order valence-electron chi connectivity index (χ1n) is 15.7. The van der Waals surface area contributed by atoms with E-state index in [1.807, 2.05) is 66.7 Å². The number of rotatable bonds is 11. The van der Waals surface area contributed by atoms with Crippen molar-refractivity contribution in [3.05, 3.63) is 119 Å². The van der Waals surface area contributed by atoms with Crippen molar-refractivity contribution in [2.45, 2.75) is 51.5 Å². The molecule has 0 amide bonds. The number of benzene rings is 4. The molecule has 0 atom stereocenters. The van der Waals surface area contributed by atoms with E-state index in [2.05, 4.69) is 30.4 Å². The zero-order valence-corrected chi connectivity index (χ0v) is 25.2. The van der Waals surface area contributed by atoms with Gasteiger partial charge in [-0.25, -0.2) is 4.79 Å². The van der Waals surface area contributed by atoms with Crippen molar-refractivity contribution in [2.75, 3.05) is 19.9 Å². The van der Waals surface area contributed by atoms with Gasteiger partial charge in [-0.3, -0.25) is 0 Å². The molecule has 0 aromatic heterocycles. The number of carbonyl (C=O) groups excluding carboxylic acids is 1. The van der Waals surface area contributed by atoms with Crippen molar-refractivity contribution in [1.29, 1.82) is 0 Å². The summed E-state index contributed by atoms with van der Waals surface area (Å²) in [5, 5.41) is 3.64. The molecule has 1 N–H and O–H groups in total. The summed E-state index contributed by atoms with van der Waals surface area (Å²) in [6.07, 6.45) is 7.34. The maximum atomic E-state index is 12.6. The summed E-state index contributed by atoms with van der Waals surface area (Å²) in [6, 6.07) is 31.8. The lowest BCUT2D eigenvalue weighted by Gasteiger charge is -2.22. The van der Waals surface area contributed by atoms with Crippen LogP contribution in [-0.4, -0.2) is 32.0 Å². The Morgan fingerprint density at radius 2 is 1.41 bits per heavy atom. The van der Waals surface area contributed by atoms with Crippen LogP contribution in [0.25, 0.3) is 11.1 Å². The number of ether oxygens (including phenoxy) is 4. The van der Waals surface area contributed by atoms with Crippen molar-refractivity contribution in [1.82, 2.24) is 5.32 Å². The highest BCUT2D eigenvalue weighted by Gasteiger charge is 2.19. The number of nitrogens with one attached hydrogen (secondary N) is 1. The largest absolute Gasteiger partial charge is 0.492 e. The van der Waals surface area contributed by atoms with E-state index in [-0.39, 0.29) is 12.8 Å². The van der Waals surface area contributed by atoms with Gasteiger partial charge < -0.3 is 24.3 Å². The minimum atomic E-state index is -0.381. The lowest BCUT2D eigenvalue weighted by Crippen LogP contribution is -2.34. The summed E-state index contributed by atoms with van der Waals surface area (Å²) in [7, 11) is 0. The van der Waals surface area contributed by atoms with Gasteiger partial charge in [0.1, 0.15) is 18.1 Å². The predicted octanol–water partition coefficient (Wildman–Crippen LogP) is 8.30. The van der Waals surface area contributed by atoms with Crippen LogP contribution in [0, 0.1) is 0 Å². The zero-order valence-electron chi connectivity index (χ0n) is 25.2. The van der Waals surface area contributed by atoms with E-state index in [1.54, 1.807) is 12.1 Å². The summed E-state index contributed by atoms with van der Waals surface area (Å²) in [5.74, 6) is 2.47. The molecule has 1 saturated carbocycles. The molecule has 0 unspecified atom stereocenters. The second-order valence-corrected chi connectivity index (χ2v) is 11.2. The Bertz CT molecular complexity index is 1570. The minimum absolute atomic E-state index is 0.234. The summed E-state index contributed by atoms with van der Waals surface area (Å²) in [6.45, 7) is 3.88. The van der Waals surface area contributed by atoms with E-state index >= 15 is 0 Å². The van der Waals surface area contributed by atoms with Gasteiger partial charge in [0.25, 0.3) is 0 Å². The van der Waals surface area contributed by atoms with Gasteiger partial charge in [0.2, 0.25) is 6.79 Å². The van der Waals surface area contributed by atoms with Crippen LogP contribution < -0.4 is 24.3 Å². The number of esters is 1. The van der Waals surface area contributed by atoms with Gasteiger partial charge >= 0.3 is 5.97 Å². The fourth-order valence-electron chi connectivity index (χ4n) is 6.01. The maximum absolute atomic E-state index is 12.6. The van der Waals surface area contributed by atoms with E-state index in [4.69, 9.17) is 18.9 Å². The first-order chi connectivity index (χ1) is 21.7. The van der Waals surface area contributed by atoms with Gasteiger partial charge in [0.15, 0.2) is 11.5 Å². The summed E-state index contributed by atoms with van der Waals surface area (Å²) >= 11 is 0. The number of allylic oxidation sites excluding steroid dienone is 1. The van der Waals surface area contributed by atoms with Crippen LogP contribution in [0.15, 0.2) is 97.1 Å². The number of carbonyl (C=O) groups is 1. The molecule has 44 heavy (non-hydrogen) atoms. The molecule has 2 aliphatic rings. The van der Waals surface area contributed by atoms with Crippen molar-refractivity contribution >= 4 is 17.1 Å². The van der Waals surface area contributed by atoms with E-state index in [0.29, 0.717) is 24.0 Å². The zero-order chi connectivity index (χ0) is 30.1. The molecule has 0 radical (unpaired) electrons. The quantitative estimate of drug-likeness (QED) is 0.0822. The fourth-order valence-corrected chi connectivity index (χ4v) is 6.01. The second-order valence-electron chi connectivity index (χ2n) is 11.2. The highest BCUT2D eigenvalue weighted by Crippen LogP contribution is 2.40. The normalized spacial score (nSPS) is 15.0. The Kier molecular flexibility index (Phi) is 9.58. The number of hydrogen-bond donors (Lipinski definition) is 1. The SMILES string of the molecule is CC/C(=C(/c1ccc(OCCNC2CCCCC2)cc1)c1ccc(OC(=O)c2ccccc2)cc1)c1ccc2c(c1)OCO2. The van der Waals surface area contributed by atoms with Crippen LogP contribution in [0.3, 0.4) is 0 Å². The third-order valence-corrected chi connectivity index (χ3v) is 8.29. The topological polar surface area (TPSA) is 66.0 Å². The molecule has 1 aliphatic heterocycles. The van der Waals surface area contributed by atoms with Gasteiger partial charge in [-0.2, -0.15) is 0 Å². The van der Waals surface area contributed by atoms with Crippen LogP contribution in [-0.2, 0) is 0 Å². The Morgan fingerprint density at radius 1 is 0.750 bits per heavy atom. The van der Waals surface area contributed by atoms with Crippen molar-refractivity contribution in [2.24, 2.45) is 0 Å². The van der Waals surface area contributed by atoms with E-state index in [9.17, 15) is 4.79 Å². The van der Waals surface area contributed by atoms with Crippen molar-refractivity contribution < 1.29 is 23.7 Å². The van der Waals surface area contributed by atoms with Crippen LogP contribution in [0.4, 0.5) is 0 Å². The smallest absolute Gasteiger partial charge is 0.343 e. The van der Waals surface area contributed by atoms with Crippen LogP contribution in [0.1, 0.15) is 72.5 Å². The molecule has 6 nitrogen and oxygen atoms in total. The molecule has 1 heterocycles. The predicted molar refractivity (Wildman–Crippen MR) is 173 cm³/mol. The third-order valence-electron chi connectivity index (χ3n) is 8.29. The summed E-state index contributed by atoms with van der Waals surface area (Å²) < 4.78 is 23.0. The molecule has 0 bridgehead atoms. The molecular weight excluding hydrogens is 550 g/mol. The number of hydrogen-bond acceptors (Lipinski definition) is 6. The Labute approximate surface area is 259 Å². The first-order valence-corrected chi connectivity index (χ1v) is 15.7. The fraction of sp³-hybridized carbons (Fsp3) is 0.289. The van der Waals surface area contributed by atoms with Gasteiger partial charge in [0, 0.05) is 12.6 Å². The van der Waals surface area contributed by atoms with E-state index in [1.165, 1.54) is 37.7 Å². The molecule has 4 aromatic rings. The van der Waals surface area contributed by atoms with Crippen molar-refractivity contribution in [3.63, 3.8) is 0 Å². The van der Waals surface area contributed by atoms with E-state index in [0.717, 1.165) is 52.5 Å². The van der Waals surface area contributed by atoms with Crippen LogP contribution in [0.5, 0.6) is 23.0 Å². The first kappa shape index (κ1) is 29.5. The highest BCUT2D eigenvalue weighted by atomic mass is 16.7. The molecule has 6 heteroatoms. The standard InChI is InChI=1S/C38H39NO5/c1-2-34(30-17-22-35-36(25-30)43-26-42-35)37(28-15-20-33(21-16-28)44-38(40)29-9-5-3-6-10-29)27-13-18-32(19-14-27)41-24-23-39-31-11-7-4-8-12-31/h3,5-6,9-10,13-22,25,31,39H,2,4,7-8,11-12,23-24,26H2,1H3/b37-34+. The maximum Gasteiger partial charge on any atom is 0.343 e. The molecule has 0 saturated heterocycles. The lowest BCUT2D eigenvalue weighted by atomic mass is 9.88. The second kappa shape index (κ2) is 14.3. The van der Waals surface area contributed by atoms with Crippen molar-refractivity contribution in [3.8, 4) is 23.0 Å². The average Bonchev–Trinajstić information content (AvgIpc) is 3.56. The van der Waals surface area contributed by atoms with Crippen LogP contribution in [0.2, 0.25) is 0 Å². The minimum Gasteiger partial charge on any atom is -0.492 e. The number of fused-ring (bicyclic) bond motifs is 1. The molecule has 6 rings (SSSR count). The highest BCUT2D eigenvalue weighted by molar-refractivity contribution is 5.99. The molecular formula is C38H39NO5.